The van der Waals surface area contributed by atoms with Crippen molar-refractivity contribution in [2.24, 2.45) is 16.8 Å². The van der Waals surface area contributed by atoms with Crippen molar-refractivity contribution >= 4 is 11.6 Å². The number of guanidine groups is 1. The van der Waals surface area contributed by atoms with Gasteiger partial charge in [0.15, 0.2) is 5.96 Å². The predicted octanol–water partition coefficient (Wildman–Crippen LogP) is 3.19. The van der Waals surface area contributed by atoms with Crippen molar-refractivity contribution in [1.82, 2.24) is 10.2 Å². The smallest absolute Gasteiger partial charge is 0.193 e. The van der Waals surface area contributed by atoms with Crippen LogP contribution in [0.25, 0.3) is 0 Å². The van der Waals surface area contributed by atoms with Crippen LogP contribution in [0.5, 0.6) is 0 Å². The van der Waals surface area contributed by atoms with E-state index < -0.39 is 0 Å². The molecule has 23 heavy (non-hydrogen) atoms. The third-order valence-electron chi connectivity index (χ3n) is 5.23. The third kappa shape index (κ3) is 4.40. The maximum Gasteiger partial charge on any atom is 0.193 e. The number of nitrogens with zero attached hydrogens (tertiary/aromatic N) is 2. The van der Waals surface area contributed by atoms with E-state index in [1.54, 1.807) is 0 Å². The minimum atomic E-state index is 0.905. The van der Waals surface area contributed by atoms with Crippen LogP contribution in [0.3, 0.4) is 0 Å². The van der Waals surface area contributed by atoms with E-state index in [4.69, 9.17) is 0 Å². The molecule has 1 aliphatic heterocycles. The number of anilines is 1. The maximum absolute atomic E-state index is 4.49. The van der Waals surface area contributed by atoms with Crippen molar-refractivity contribution < 1.29 is 0 Å². The Morgan fingerprint density at radius 2 is 1.78 bits per heavy atom. The van der Waals surface area contributed by atoms with Gasteiger partial charge in [0.05, 0.1) is 0 Å². The second kappa shape index (κ2) is 8.23. The fourth-order valence-corrected chi connectivity index (χ4v) is 3.99. The standard InChI is InChI=1S/C19H30N4/c1-20-19(23-14-16-8-5-6-9-17(16)15-23)22-13-7-12-21-18-10-3-2-4-11-18/h2-4,10-11,16-17,21H,5-9,12-15H2,1H3,(H,20,22). The number of fused-ring (bicyclic) bond motifs is 1. The summed E-state index contributed by atoms with van der Waals surface area (Å²) in [5, 5.41) is 7.00. The van der Waals surface area contributed by atoms with Crippen molar-refractivity contribution in [2.45, 2.75) is 32.1 Å². The quantitative estimate of drug-likeness (QED) is 0.498. The van der Waals surface area contributed by atoms with Crippen LogP contribution in [0.2, 0.25) is 0 Å². The Morgan fingerprint density at radius 1 is 1.09 bits per heavy atom. The highest BCUT2D eigenvalue weighted by Crippen LogP contribution is 2.35. The molecule has 1 aromatic rings. The van der Waals surface area contributed by atoms with Crippen molar-refractivity contribution in [1.29, 1.82) is 0 Å². The lowest BCUT2D eigenvalue weighted by Crippen LogP contribution is -2.41. The van der Waals surface area contributed by atoms with Crippen molar-refractivity contribution in [2.75, 3.05) is 38.5 Å². The molecule has 2 N–H and O–H groups in total. The van der Waals surface area contributed by atoms with Crippen molar-refractivity contribution in [3.05, 3.63) is 30.3 Å². The first-order valence-corrected chi connectivity index (χ1v) is 9.11. The van der Waals surface area contributed by atoms with Gasteiger partial charge in [-0.15, -0.1) is 0 Å². The van der Waals surface area contributed by atoms with Gasteiger partial charge in [0.1, 0.15) is 0 Å². The summed E-state index contributed by atoms with van der Waals surface area (Å²) < 4.78 is 0. The van der Waals surface area contributed by atoms with Gasteiger partial charge in [-0.1, -0.05) is 31.0 Å². The summed E-state index contributed by atoms with van der Waals surface area (Å²) in [6, 6.07) is 10.4. The first kappa shape index (κ1) is 16.2. The van der Waals surface area contributed by atoms with Gasteiger partial charge in [-0.2, -0.15) is 0 Å². The third-order valence-corrected chi connectivity index (χ3v) is 5.23. The summed E-state index contributed by atoms with van der Waals surface area (Å²) in [5.41, 5.74) is 1.19. The van der Waals surface area contributed by atoms with E-state index in [2.05, 4.69) is 44.8 Å². The van der Waals surface area contributed by atoms with Gasteiger partial charge in [-0.25, -0.2) is 0 Å². The van der Waals surface area contributed by atoms with Gasteiger partial charge in [0, 0.05) is 38.9 Å². The molecule has 1 heterocycles. The summed E-state index contributed by atoms with van der Waals surface area (Å²) in [6.07, 6.45) is 6.77. The minimum absolute atomic E-state index is 0.905. The molecule has 0 bridgehead atoms. The average molecular weight is 314 g/mol. The Hall–Kier alpha value is -1.71. The summed E-state index contributed by atoms with van der Waals surface area (Å²) in [6.45, 7) is 4.36. The zero-order valence-corrected chi connectivity index (χ0v) is 14.3. The molecule has 1 aliphatic carbocycles. The lowest BCUT2D eigenvalue weighted by atomic mass is 9.82. The monoisotopic (exact) mass is 314 g/mol. The number of hydrogen-bond acceptors (Lipinski definition) is 2. The molecular formula is C19H30N4. The van der Waals surface area contributed by atoms with Crippen LogP contribution >= 0.6 is 0 Å². The van der Waals surface area contributed by atoms with Crippen LogP contribution in [0.1, 0.15) is 32.1 Å². The summed E-state index contributed by atoms with van der Waals surface area (Å²) in [7, 11) is 1.91. The fourth-order valence-electron chi connectivity index (χ4n) is 3.99. The van der Waals surface area contributed by atoms with Gasteiger partial charge in [0.25, 0.3) is 0 Å². The van der Waals surface area contributed by atoms with Crippen LogP contribution in [-0.4, -0.2) is 44.1 Å². The molecule has 2 aliphatic rings. The number of nitrogens with one attached hydrogen (secondary N) is 2. The van der Waals surface area contributed by atoms with E-state index in [0.29, 0.717) is 0 Å². The molecule has 2 fully saturated rings. The topological polar surface area (TPSA) is 39.7 Å². The molecule has 4 heteroatoms. The molecule has 0 amide bonds. The lowest BCUT2D eigenvalue weighted by Gasteiger charge is -2.22. The van der Waals surface area contributed by atoms with E-state index in [-0.39, 0.29) is 0 Å². The Labute approximate surface area is 140 Å². The molecule has 0 aromatic heterocycles. The summed E-state index contributed by atoms with van der Waals surface area (Å²) in [5.74, 6) is 2.91. The largest absolute Gasteiger partial charge is 0.385 e. The molecule has 126 valence electrons. The molecule has 1 saturated carbocycles. The Kier molecular flexibility index (Phi) is 5.78. The van der Waals surface area contributed by atoms with E-state index >= 15 is 0 Å². The SMILES string of the molecule is CN=C(NCCCNc1ccccc1)N1CC2CCCCC2C1. The van der Waals surface area contributed by atoms with Crippen LogP contribution in [0.4, 0.5) is 5.69 Å². The van der Waals surface area contributed by atoms with E-state index in [0.717, 1.165) is 37.3 Å². The molecule has 1 aromatic carbocycles. The Bertz CT molecular complexity index is 485. The zero-order valence-electron chi connectivity index (χ0n) is 14.3. The van der Waals surface area contributed by atoms with E-state index in [1.807, 2.05) is 13.1 Å². The van der Waals surface area contributed by atoms with Crippen molar-refractivity contribution in [3.8, 4) is 0 Å². The van der Waals surface area contributed by atoms with Crippen molar-refractivity contribution in [3.63, 3.8) is 0 Å². The van der Waals surface area contributed by atoms with Crippen LogP contribution < -0.4 is 10.6 Å². The van der Waals surface area contributed by atoms with Gasteiger partial charge in [-0.05, 0) is 43.2 Å². The molecule has 2 unspecified atom stereocenters. The number of benzene rings is 1. The van der Waals surface area contributed by atoms with E-state index in [1.165, 1.54) is 44.5 Å². The van der Waals surface area contributed by atoms with Gasteiger partial charge in [-0.3, -0.25) is 4.99 Å². The first-order chi connectivity index (χ1) is 11.4. The highest BCUT2D eigenvalue weighted by Gasteiger charge is 2.35. The van der Waals surface area contributed by atoms with Gasteiger partial charge < -0.3 is 15.5 Å². The minimum Gasteiger partial charge on any atom is -0.385 e. The van der Waals surface area contributed by atoms with Crippen LogP contribution in [0, 0.1) is 11.8 Å². The number of rotatable bonds is 5. The Balaban J connectivity index is 1.37. The molecule has 3 rings (SSSR count). The molecule has 2 atom stereocenters. The second-order valence-electron chi connectivity index (χ2n) is 6.83. The second-order valence-corrected chi connectivity index (χ2v) is 6.83. The normalized spacial score (nSPS) is 24.4. The maximum atomic E-state index is 4.49. The molecular weight excluding hydrogens is 284 g/mol. The van der Waals surface area contributed by atoms with Gasteiger partial charge >= 0.3 is 0 Å². The molecule has 0 spiro atoms. The summed E-state index contributed by atoms with van der Waals surface area (Å²) >= 11 is 0. The Morgan fingerprint density at radius 3 is 2.43 bits per heavy atom. The highest BCUT2D eigenvalue weighted by atomic mass is 15.3. The number of aliphatic imine (C=N–C) groups is 1. The van der Waals surface area contributed by atoms with Crippen LogP contribution in [-0.2, 0) is 0 Å². The number of likely N-dealkylation sites (tertiary alicyclic amines) is 1. The van der Waals surface area contributed by atoms with Gasteiger partial charge in [0.2, 0.25) is 0 Å². The zero-order chi connectivity index (χ0) is 15.9. The highest BCUT2D eigenvalue weighted by molar-refractivity contribution is 5.80. The fraction of sp³-hybridized carbons (Fsp3) is 0.632. The number of hydrogen-bond donors (Lipinski definition) is 2. The summed E-state index contributed by atoms with van der Waals surface area (Å²) in [4.78, 5) is 6.97. The lowest BCUT2D eigenvalue weighted by molar-refractivity contribution is 0.299. The first-order valence-electron chi connectivity index (χ1n) is 9.11. The van der Waals surface area contributed by atoms with E-state index in [9.17, 15) is 0 Å². The predicted molar refractivity (Wildman–Crippen MR) is 97.9 cm³/mol. The number of para-hydroxylation sites is 1. The molecule has 0 radical (unpaired) electrons. The molecule has 1 saturated heterocycles. The molecule has 4 nitrogen and oxygen atoms in total. The van der Waals surface area contributed by atoms with Crippen LogP contribution in [0.15, 0.2) is 35.3 Å². The average Bonchev–Trinajstić information content (AvgIpc) is 3.03.